The predicted octanol–water partition coefficient (Wildman–Crippen LogP) is 5.99. The predicted molar refractivity (Wildman–Crippen MR) is 124 cm³/mol. The van der Waals surface area contributed by atoms with Crippen LogP contribution in [0.4, 0.5) is 0 Å². The third-order valence-electron chi connectivity index (χ3n) is 6.28. The Bertz CT molecular complexity index is 651. The first-order valence-electron chi connectivity index (χ1n) is 10.9. The molecule has 0 aliphatic heterocycles. The normalized spacial score (nSPS) is 16.6. The summed E-state index contributed by atoms with van der Waals surface area (Å²) in [4.78, 5) is 11.7. The van der Waals surface area contributed by atoms with Crippen molar-refractivity contribution in [3.63, 3.8) is 0 Å². The largest absolute Gasteiger partial charge is 0.497 e. The van der Waals surface area contributed by atoms with Gasteiger partial charge in [-0.2, -0.15) is 0 Å². The van der Waals surface area contributed by atoms with Crippen molar-refractivity contribution in [2.45, 2.75) is 78.8 Å². The van der Waals surface area contributed by atoms with Gasteiger partial charge >= 0.3 is 5.97 Å². The second-order valence-corrected chi connectivity index (χ2v) is 14.9. The van der Waals surface area contributed by atoms with E-state index < -0.39 is 20.2 Å². The quantitative estimate of drug-likeness (QED) is 0.406. The molecule has 6 heteroatoms. The Kier molecular flexibility index (Phi) is 10.0. The SMILES string of the molecule is COc1ccc(COC[C@H](C)C[C@H](C)[C@H](O[Si](C)(C)C(C)(C)C)[C@@H](C)C(=O)O)cc1. The number of hydrogen-bond acceptors (Lipinski definition) is 4. The molecule has 0 radical (unpaired) electrons. The van der Waals surface area contributed by atoms with E-state index in [-0.39, 0.29) is 17.1 Å². The van der Waals surface area contributed by atoms with Gasteiger partial charge in [0.25, 0.3) is 0 Å². The summed E-state index contributed by atoms with van der Waals surface area (Å²) in [5.41, 5.74) is 1.11. The number of methoxy groups -OCH3 is 1. The van der Waals surface area contributed by atoms with Gasteiger partial charge in [0, 0.05) is 6.61 Å². The number of rotatable bonds is 12. The maximum atomic E-state index is 11.7. The Morgan fingerprint density at radius 1 is 1.10 bits per heavy atom. The number of aliphatic carboxylic acids is 1. The standard InChI is InChI=1S/C24H42O5Si/c1-17(15-28-16-20-10-12-21(27-7)13-11-20)14-18(2)22(19(3)23(25)26)29-30(8,9)24(4,5)6/h10-13,17-19,22H,14-16H2,1-9H3,(H,25,26)/t17-,18+,19-,22+/m1/s1. The molecule has 30 heavy (non-hydrogen) atoms. The maximum absolute atomic E-state index is 11.7. The molecule has 1 N–H and O–H groups in total. The van der Waals surface area contributed by atoms with E-state index in [0.717, 1.165) is 17.7 Å². The van der Waals surface area contributed by atoms with E-state index in [1.807, 2.05) is 24.3 Å². The van der Waals surface area contributed by atoms with Gasteiger partial charge in [0.15, 0.2) is 8.32 Å². The minimum Gasteiger partial charge on any atom is -0.497 e. The molecule has 0 saturated carbocycles. The van der Waals surface area contributed by atoms with E-state index in [1.54, 1.807) is 14.0 Å². The second kappa shape index (κ2) is 11.3. The fraction of sp³-hybridized carbons (Fsp3) is 0.708. The molecular formula is C24H42O5Si. The van der Waals surface area contributed by atoms with Gasteiger partial charge in [-0.3, -0.25) is 4.79 Å². The van der Waals surface area contributed by atoms with Crippen molar-refractivity contribution in [1.29, 1.82) is 0 Å². The van der Waals surface area contributed by atoms with Crippen LogP contribution in [0.2, 0.25) is 18.1 Å². The van der Waals surface area contributed by atoms with E-state index in [4.69, 9.17) is 13.9 Å². The average molecular weight is 439 g/mol. The highest BCUT2D eigenvalue weighted by Gasteiger charge is 2.42. The van der Waals surface area contributed by atoms with Crippen LogP contribution in [0.3, 0.4) is 0 Å². The van der Waals surface area contributed by atoms with Gasteiger partial charge in [0.05, 0.1) is 25.7 Å². The van der Waals surface area contributed by atoms with Gasteiger partial charge < -0.3 is 19.0 Å². The lowest BCUT2D eigenvalue weighted by Crippen LogP contribution is -2.48. The van der Waals surface area contributed by atoms with E-state index in [9.17, 15) is 9.90 Å². The van der Waals surface area contributed by atoms with Crippen LogP contribution >= 0.6 is 0 Å². The molecule has 0 saturated heterocycles. The molecule has 1 rings (SSSR count). The zero-order valence-electron chi connectivity index (χ0n) is 20.3. The van der Waals surface area contributed by atoms with Crippen LogP contribution < -0.4 is 4.74 Å². The molecule has 4 atom stereocenters. The second-order valence-electron chi connectivity index (χ2n) is 10.2. The molecule has 0 amide bonds. The highest BCUT2D eigenvalue weighted by molar-refractivity contribution is 6.74. The molecule has 0 aromatic heterocycles. The molecular weight excluding hydrogens is 396 g/mol. The minimum absolute atomic E-state index is 0.0380. The number of carboxylic acids is 1. The summed E-state index contributed by atoms with van der Waals surface area (Å²) in [6.07, 6.45) is 0.562. The van der Waals surface area contributed by atoms with Crippen LogP contribution in [-0.4, -0.2) is 39.2 Å². The van der Waals surface area contributed by atoms with Crippen LogP contribution in [0.1, 0.15) is 53.5 Å². The zero-order chi connectivity index (χ0) is 23.1. The summed E-state index contributed by atoms with van der Waals surface area (Å²) in [5, 5.41) is 9.68. The zero-order valence-corrected chi connectivity index (χ0v) is 21.3. The van der Waals surface area contributed by atoms with Crippen molar-refractivity contribution in [2.75, 3.05) is 13.7 Å². The van der Waals surface area contributed by atoms with E-state index in [0.29, 0.717) is 19.1 Å². The molecule has 5 nitrogen and oxygen atoms in total. The van der Waals surface area contributed by atoms with Crippen LogP contribution in [-0.2, 0) is 20.6 Å². The lowest BCUT2D eigenvalue weighted by molar-refractivity contribution is -0.145. The summed E-state index contributed by atoms with van der Waals surface area (Å²) in [5.74, 6) is -0.0636. The third-order valence-corrected chi connectivity index (χ3v) is 10.8. The summed E-state index contributed by atoms with van der Waals surface area (Å²) in [7, 11) is -0.418. The van der Waals surface area contributed by atoms with Gasteiger partial charge in [0.2, 0.25) is 0 Å². The van der Waals surface area contributed by atoms with Gasteiger partial charge in [-0.05, 0) is 61.0 Å². The maximum Gasteiger partial charge on any atom is 0.308 e. The van der Waals surface area contributed by atoms with E-state index >= 15 is 0 Å². The summed E-state index contributed by atoms with van der Waals surface area (Å²) >= 11 is 0. The third kappa shape index (κ3) is 8.04. The highest BCUT2D eigenvalue weighted by Crippen LogP contribution is 2.39. The Morgan fingerprint density at radius 2 is 1.67 bits per heavy atom. The van der Waals surface area contributed by atoms with E-state index in [2.05, 4.69) is 47.7 Å². The molecule has 0 aliphatic carbocycles. The Balaban J connectivity index is 2.67. The first-order valence-corrected chi connectivity index (χ1v) is 13.8. The van der Waals surface area contributed by atoms with Crippen molar-refractivity contribution in [3.05, 3.63) is 29.8 Å². The van der Waals surface area contributed by atoms with Crippen molar-refractivity contribution in [2.24, 2.45) is 17.8 Å². The van der Waals surface area contributed by atoms with Gasteiger partial charge in [-0.25, -0.2) is 0 Å². The molecule has 1 aromatic rings. The number of ether oxygens (including phenoxy) is 2. The van der Waals surface area contributed by atoms with Crippen LogP contribution in [0.25, 0.3) is 0 Å². The smallest absolute Gasteiger partial charge is 0.308 e. The molecule has 0 aliphatic rings. The topological polar surface area (TPSA) is 65.0 Å². The Hall–Kier alpha value is -1.37. The number of benzene rings is 1. The molecule has 0 unspecified atom stereocenters. The van der Waals surface area contributed by atoms with Crippen molar-refractivity contribution in [3.8, 4) is 5.75 Å². The molecule has 1 aromatic carbocycles. The highest BCUT2D eigenvalue weighted by atomic mass is 28.4. The Labute approximate surface area is 184 Å². The van der Waals surface area contributed by atoms with E-state index in [1.165, 1.54) is 0 Å². The molecule has 0 spiro atoms. The van der Waals surface area contributed by atoms with Crippen molar-refractivity contribution in [1.82, 2.24) is 0 Å². The molecule has 172 valence electrons. The van der Waals surface area contributed by atoms with Crippen LogP contribution in [0.5, 0.6) is 5.75 Å². The number of carbonyl (C=O) groups is 1. The van der Waals surface area contributed by atoms with Gasteiger partial charge in [-0.1, -0.05) is 46.8 Å². The first kappa shape index (κ1) is 26.7. The average Bonchev–Trinajstić information content (AvgIpc) is 2.65. The lowest BCUT2D eigenvalue weighted by Gasteiger charge is -2.42. The van der Waals surface area contributed by atoms with Crippen molar-refractivity contribution < 1.29 is 23.8 Å². The number of carboxylic acid groups (broad SMARTS) is 1. The first-order chi connectivity index (χ1) is 13.8. The summed E-state index contributed by atoms with van der Waals surface area (Å²) in [6.45, 7) is 18.1. The summed E-state index contributed by atoms with van der Waals surface area (Å²) < 4.78 is 17.7. The monoisotopic (exact) mass is 438 g/mol. The Morgan fingerprint density at radius 3 is 2.13 bits per heavy atom. The van der Waals surface area contributed by atoms with Crippen LogP contribution in [0.15, 0.2) is 24.3 Å². The number of hydrogen-bond donors (Lipinski definition) is 1. The lowest BCUT2D eigenvalue weighted by atomic mass is 9.87. The van der Waals surface area contributed by atoms with Crippen LogP contribution in [0, 0.1) is 17.8 Å². The molecule has 0 heterocycles. The fourth-order valence-corrected chi connectivity index (χ4v) is 4.78. The van der Waals surface area contributed by atoms with Crippen molar-refractivity contribution >= 4 is 14.3 Å². The van der Waals surface area contributed by atoms with Gasteiger partial charge in [-0.15, -0.1) is 0 Å². The molecule has 0 bridgehead atoms. The fourth-order valence-electron chi connectivity index (χ4n) is 3.31. The minimum atomic E-state index is -2.07. The molecule has 0 fully saturated rings. The summed E-state index contributed by atoms with van der Waals surface area (Å²) in [6, 6.07) is 7.87. The van der Waals surface area contributed by atoms with Gasteiger partial charge in [0.1, 0.15) is 5.75 Å².